The van der Waals surface area contributed by atoms with Crippen LogP contribution < -0.4 is 10.2 Å². The molecule has 7 nitrogen and oxygen atoms in total. The van der Waals surface area contributed by atoms with Crippen LogP contribution in [0.5, 0.6) is 0 Å². The molecule has 2 aliphatic rings. The summed E-state index contributed by atoms with van der Waals surface area (Å²) in [6, 6.07) is 7.71. The van der Waals surface area contributed by atoms with Crippen LogP contribution in [0.4, 0.5) is 5.95 Å². The number of rotatable bonds is 4. The lowest BCUT2D eigenvalue weighted by atomic mass is 9.92. The van der Waals surface area contributed by atoms with Gasteiger partial charge in [0.25, 0.3) is 5.95 Å². The highest BCUT2D eigenvalue weighted by atomic mass is 35.5. The molecule has 1 saturated carbocycles. The number of tetrazole rings is 1. The first-order valence-electron chi connectivity index (χ1n) is 8.62. The number of aromatic amines is 1. The van der Waals surface area contributed by atoms with Crippen molar-refractivity contribution in [2.24, 2.45) is 5.92 Å². The monoisotopic (exact) mass is 360 g/mol. The molecule has 2 N–H and O–H groups in total. The van der Waals surface area contributed by atoms with E-state index in [2.05, 4.69) is 37.8 Å². The molecule has 0 radical (unpaired) electrons. The molecular formula is C17H21ClN6O. The van der Waals surface area contributed by atoms with Crippen molar-refractivity contribution >= 4 is 23.5 Å². The maximum absolute atomic E-state index is 13.0. The molecule has 25 heavy (non-hydrogen) atoms. The first-order valence-corrected chi connectivity index (χ1v) is 9.00. The summed E-state index contributed by atoms with van der Waals surface area (Å²) in [5.74, 6) is 1.15. The lowest BCUT2D eigenvalue weighted by molar-refractivity contribution is -0.124. The predicted molar refractivity (Wildman–Crippen MR) is 94.5 cm³/mol. The van der Waals surface area contributed by atoms with Gasteiger partial charge in [-0.25, -0.2) is 0 Å². The zero-order valence-electron chi connectivity index (χ0n) is 14.1. The Hall–Kier alpha value is -2.15. The minimum absolute atomic E-state index is 0.0829. The summed E-state index contributed by atoms with van der Waals surface area (Å²) in [5, 5.41) is 18.2. The second-order valence-electron chi connectivity index (χ2n) is 7.22. The number of halogens is 1. The maximum Gasteiger partial charge on any atom is 0.265 e. The molecule has 0 spiro atoms. The van der Waals surface area contributed by atoms with E-state index in [1.54, 1.807) is 0 Å². The van der Waals surface area contributed by atoms with Crippen LogP contribution in [0.2, 0.25) is 5.02 Å². The number of hydrogen-bond acceptors (Lipinski definition) is 5. The standard InChI is InChI=1S/C17H21ClN6O/c1-11-8-14(10-24(9-11)16-20-22-23-21-16)19-15(25)17(6-7-17)12-2-4-13(18)5-3-12/h2-5,11,14H,6-10H2,1H3,(H,19,25)(H,20,21,22,23)/t11-,14+/m0/s1. The van der Waals surface area contributed by atoms with Crippen molar-refractivity contribution < 1.29 is 4.79 Å². The lowest BCUT2D eigenvalue weighted by Crippen LogP contribution is -2.52. The Morgan fingerprint density at radius 2 is 2.08 bits per heavy atom. The number of carbonyl (C=O) groups is 1. The molecule has 132 valence electrons. The van der Waals surface area contributed by atoms with Gasteiger partial charge in [-0.05, 0) is 48.1 Å². The van der Waals surface area contributed by atoms with Gasteiger partial charge in [0.15, 0.2) is 0 Å². The Bertz CT molecular complexity index is 743. The maximum atomic E-state index is 13.0. The number of nitrogens with zero attached hydrogens (tertiary/aromatic N) is 4. The van der Waals surface area contributed by atoms with Gasteiger partial charge < -0.3 is 10.2 Å². The SMILES string of the molecule is C[C@H]1C[C@@H](NC(=O)C2(c3ccc(Cl)cc3)CC2)CN(c2nn[nH]n2)C1. The minimum atomic E-state index is -0.387. The Morgan fingerprint density at radius 3 is 2.72 bits per heavy atom. The first-order chi connectivity index (χ1) is 12.1. The van der Waals surface area contributed by atoms with E-state index in [9.17, 15) is 4.79 Å². The highest BCUT2D eigenvalue weighted by Crippen LogP contribution is 2.48. The van der Waals surface area contributed by atoms with Gasteiger partial charge in [-0.15, -0.1) is 5.10 Å². The van der Waals surface area contributed by atoms with Crippen LogP contribution in [0.15, 0.2) is 24.3 Å². The van der Waals surface area contributed by atoms with Gasteiger partial charge in [-0.1, -0.05) is 35.8 Å². The third-order valence-electron chi connectivity index (χ3n) is 5.19. The number of hydrogen-bond donors (Lipinski definition) is 2. The van der Waals surface area contributed by atoms with Crippen molar-refractivity contribution in [3.8, 4) is 0 Å². The second-order valence-corrected chi connectivity index (χ2v) is 7.65. The Balaban J connectivity index is 1.46. The smallest absolute Gasteiger partial charge is 0.265 e. The molecule has 1 aromatic carbocycles. The Kier molecular flexibility index (Phi) is 4.11. The molecule has 0 bridgehead atoms. The molecular weight excluding hydrogens is 340 g/mol. The highest BCUT2D eigenvalue weighted by molar-refractivity contribution is 6.30. The molecule has 1 amide bonds. The topological polar surface area (TPSA) is 86.8 Å². The Morgan fingerprint density at radius 1 is 1.32 bits per heavy atom. The number of H-pyrrole nitrogens is 1. The summed E-state index contributed by atoms with van der Waals surface area (Å²) in [7, 11) is 0. The van der Waals surface area contributed by atoms with Crippen LogP contribution in [0, 0.1) is 5.92 Å². The molecule has 1 aliphatic carbocycles. The van der Waals surface area contributed by atoms with Crippen LogP contribution in [-0.4, -0.2) is 45.7 Å². The summed E-state index contributed by atoms with van der Waals surface area (Å²) in [6.07, 6.45) is 2.73. The number of nitrogens with one attached hydrogen (secondary N) is 2. The molecule has 1 aromatic heterocycles. The van der Waals surface area contributed by atoms with E-state index in [4.69, 9.17) is 11.6 Å². The molecule has 8 heteroatoms. The van der Waals surface area contributed by atoms with E-state index in [1.807, 2.05) is 24.3 Å². The first kappa shape index (κ1) is 16.3. The third-order valence-corrected chi connectivity index (χ3v) is 5.45. The predicted octanol–water partition coefficient (Wildman–Crippen LogP) is 1.92. The van der Waals surface area contributed by atoms with Gasteiger partial charge in [0.1, 0.15) is 0 Å². The summed E-state index contributed by atoms with van der Waals surface area (Å²) in [5.41, 5.74) is 0.663. The van der Waals surface area contributed by atoms with E-state index in [-0.39, 0.29) is 17.4 Å². The molecule has 1 aliphatic heterocycles. The van der Waals surface area contributed by atoms with Gasteiger partial charge in [-0.2, -0.15) is 5.21 Å². The fourth-order valence-corrected chi connectivity index (χ4v) is 3.90. The zero-order chi connectivity index (χ0) is 17.4. The van der Waals surface area contributed by atoms with E-state index < -0.39 is 0 Å². The van der Waals surface area contributed by atoms with Crippen molar-refractivity contribution in [1.29, 1.82) is 0 Å². The van der Waals surface area contributed by atoms with Crippen LogP contribution in [0.1, 0.15) is 31.7 Å². The molecule has 2 aromatic rings. The highest BCUT2D eigenvalue weighted by Gasteiger charge is 2.51. The summed E-state index contributed by atoms with van der Waals surface area (Å²) in [6.45, 7) is 3.75. The van der Waals surface area contributed by atoms with Crippen molar-refractivity contribution in [3.05, 3.63) is 34.9 Å². The number of aromatic nitrogens is 4. The third kappa shape index (κ3) is 3.20. The lowest BCUT2D eigenvalue weighted by Gasteiger charge is -2.36. The summed E-state index contributed by atoms with van der Waals surface area (Å²) in [4.78, 5) is 15.0. The molecule has 4 rings (SSSR count). The molecule has 1 saturated heterocycles. The number of benzene rings is 1. The molecule has 2 heterocycles. The van der Waals surface area contributed by atoms with Gasteiger partial charge in [0, 0.05) is 24.2 Å². The van der Waals surface area contributed by atoms with E-state index in [1.165, 1.54) is 0 Å². The van der Waals surface area contributed by atoms with Crippen molar-refractivity contribution in [2.75, 3.05) is 18.0 Å². The van der Waals surface area contributed by atoms with Crippen LogP contribution in [0.3, 0.4) is 0 Å². The number of carbonyl (C=O) groups excluding carboxylic acids is 1. The average Bonchev–Trinajstić information content (AvgIpc) is 3.21. The second kappa shape index (κ2) is 6.29. The fourth-order valence-electron chi connectivity index (χ4n) is 3.77. The van der Waals surface area contributed by atoms with Gasteiger partial charge in [0.2, 0.25) is 5.91 Å². The van der Waals surface area contributed by atoms with Crippen molar-refractivity contribution in [1.82, 2.24) is 25.9 Å². The zero-order valence-corrected chi connectivity index (χ0v) is 14.8. The van der Waals surface area contributed by atoms with Crippen LogP contribution in [-0.2, 0) is 10.2 Å². The van der Waals surface area contributed by atoms with Crippen molar-refractivity contribution in [3.63, 3.8) is 0 Å². The molecule has 2 fully saturated rings. The molecule has 2 atom stereocenters. The number of amides is 1. The number of piperidine rings is 1. The van der Waals surface area contributed by atoms with E-state index >= 15 is 0 Å². The quantitative estimate of drug-likeness (QED) is 0.869. The molecule has 0 unspecified atom stereocenters. The Labute approximate surface area is 151 Å². The van der Waals surface area contributed by atoms with Crippen LogP contribution >= 0.6 is 11.6 Å². The normalized spacial score (nSPS) is 24.8. The van der Waals surface area contributed by atoms with E-state index in [0.717, 1.165) is 31.4 Å². The van der Waals surface area contributed by atoms with Gasteiger partial charge in [0.05, 0.1) is 5.41 Å². The van der Waals surface area contributed by atoms with Crippen molar-refractivity contribution in [2.45, 2.75) is 37.6 Å². The average molecular weight is 361 g/mol. The van der Waals surface area contributed by atoms with Gasteiger partial charge >= 0.3 is 0 Å². The minimum Gasteiger partial charge on any atom is -0.351 e. The van der Waals surface area contributed by atoms with Crippen LogP contribution in [0.25, 0.3) is 0 Å². The summed E-state index contributed by atoms with van der Waals surface area (Å²) >= 11 is 5.97. The van der Waals surface area contributed by atoms with E-state index in [0.29, 0.717) is 23.4 Å². The van der Waals surface area contributed by atoms with Gasteiger partial charge in [-0.3, -0.25) is 4.79 Å². The fraction of sp³-hybridized carbons (Fsp3) is 0.529. The number of anilines is 1. The largest absolute Gasteiger partial charge is 0.351 e. The summed E-state index contributed by atoms with van der Waals surface area (Å²) < 4.78 is 0.